The van der Waals surface area contributed by atoms with Gasteiger partial charge in [-0.25, -0.2) is 0 Å². The maximum atomic E-state index is 11.7. The van der Waals surface area contributed by atoms with Crippen molar-refractivity contribution in [3.8, 4) is 0 Å². The van der Waals surface area contributed by atoms with Gasteiger partial charge in [0.15, 0.2) is 0 Å². The van der Waals surface area contributed by atoms with Crippen LogP contribution in [-0.2, 0) is 9.53 Å². The number of hydrogen-bond acceptors (Lipinski definition) is 4. The minimum atomic E-state index is -0.169. The zero-order chi connectivity index (χ0) is 14.6. The topological polar surface area (TPSA) is 70.6 Å². The molecule has 0 aromatic heterocycles. The molecule has 1 amide bonds. The van der Waals surface area contributed by atoms with E-state index in [0.29, 0.717) is 19.8 Å². The first-order valence-electron chi connectivity index (χ1n) is 6.88. The number of ether oxygens (including phenoxy) is 1. The predicted octanol–water partition coefficient (Wildman–Crippen LogP) is 1.70. The molecule has 1 fully saturated rings. The van der Waals surface area contributed by atoms with Crippen molar-refractivity contribution in [1.82, 2.24) is 0 Å². The number of rotatable bonds is 6. The van der Waals surface area contributed by atoms with Crippen LogP contribution in [0.1, 0.15) is 13.8 Å². The van der Waals surface area contributed by atoms with Gasteiger partial charge < -0.3 is 20.5 Å². The van der Waals surface area contributed by atoms with E-state index in [-0.39, 0.29) is 23.8 Å². The lowest BCUT2D eigenvalue weighted by molar-refractivity contribution is -0.128. The Hall–Kier alpha value is -1.59. The second kappa shape index (κ2) is 6.24. The summed E-state index contributed by atoms with van der Waals surface area (Å²) < 4.78 is 5.16. The van der Waals surface area contributed by atoms with E-state index >= 15 is 0 Å². The number of carbonyl (C=O) groups is 1. The molecule has 5 heteroatoms. The van der Waals surface area contributed by atoms with Crippen molar-refractivity contribution < 1.29 is 14.6 Å². The molecular formula is C15H22N2O3. The van der Waals surface area contributed by atoms with Crippen LogP contribution in [0.5, 0.6) is 0 Å². The van der Waals surface area contributed by atoms with E-state index in [0.717, 1.165) is 11.4 Å². The summed E-state index contributed by atoms with van der Waals surface area (Å²) in [5.74, 6) is -0.0437. The van der Waals surface area contributed by atoms with E-state index in [1.807, 2.05) is 38.1 Å². The highest BCUT2D eigenvalue weighted by Gasteiger charge is 2.37. The molecule has 2 rings (SSSR count). The highest BCUT2D eigenvalue weighted by atomic mass is 16.5. The number of aliphatic hydroxyl groups excluding tert-OH is 1. The van der Waals surface area contributed by atoms with Gasteiger partial charge in [0.1, 0.15) is 0 Å². The first-order valence-corrected chi connectivity index (χ1v) is 6.88. The molecule has 0 bridgehead atoms. The molecule has 1 aliphatic rings. The smallest absolute Gasteiger partial charge is 0.226 e. The minimum absolute atomic E-state index is 0.00127. The highest BCUT2D eigenvalue weighted by Crippen LogP contribution is 2.27. The molecule has 1 aliphatic heterocycles. The van der Waals surface area contributed by atoms with Gasteiger partial charge in [-0.2, -0.15) is 0 Å². The molecule has 0 spiro atoms. The molecule has 5 nitrogen and oxygen atoms in total. The lowest BCUT2D eigenvalue weighted by Gasteiger charge is -2.40. The molecule has 1 heterocycles. The summed E-state index contributed by atoms with van der Waals surface area (Å²) in [6, 6.07) is 7.58. The molecule has 0 radical (unpaired) electrons. The Morgan fingerprint density at radius 1 is 1.40 bits per heavy atom. The van der Waals surface area contributed by atoms with E-state index in [4.69, 9.17) is 4.74 Å². The molecule has 0 aliphatic carbocycles. The average Bonchev–Trinajstić information content (AvgIpc) is 2.38. The lowest BCUT2D eigenvalue weighted by atomic mass is 9.87. The van der Waals surface area contributed by atoms with Gasteiger partial charge in [-0.3, -0.25) is 4.79 Å². The summed E-state index contributed by atoms with van der Waals surface area (Å²) in [6.07, 6.45) is 0. The fraction of sp³-hybridized carbons (Fsp3) is 0.533. The van der Waals surface area contributed by atoms with Crippen LogP contribution in [0.4, 0.5) is 11.4 Å². The summed E-state index contributed by atoms with van der Waals surface area (Å²) in [4.78, 5) is 11.7. The van der Waals surface area contributed by atoms with E-state index in [1.165, 1.54) is 0 Å². The Morgan fingerprint density at radius 3 is 2.65 bits per heavy atom. The summed E-state index contributed by atoms with van der Waals surface area (Å²) in [6.45, 7) is 5.66. The summed E-state index contributed by atoms with van der Waals surface area (Å²) in [5.41, 5.74) is 1.53. The van der Waals surface area contributed by atoms with Crippen molar-refractivity contribution in [3.63, 3.8) is 0 Å². The van der Waals surface area contributed by atoms with E-state index in [2.05, 4.69) is 10.6 Å². The van der Waals surface area contributed by atoms with E-state index < -0.39 is 0 Å². The van der Waals surface area contributed by atoms with Crippen molar-refractivity contribution in [1.29, 1.82) is 0 Å². The normalized spacial score (nSPS) is 16.6. The van der Waals surface area contributed by atoms with Gasteiger partial charge in [-0.05, 0) is 18.2 Å². The highest BCUT2D eigenvalue weighted by molar-refractivity contribution is 5.92. The van der Waals surface area contributed by atoms with Crippen LogP contribution in [0.25, 0.3) is 0 Å². The number of anilines is 2. The van der Waals surface area contributed by atoms with Gasteiger partial charge in [0.05, 0.1) is 25.2 Å². The largest absolute Gasteiger partial charge is 0.396 e. The maximum absolute atomic E-state index is 11.7. The maximum Gasteiger partial charge on any atom is 0.226 e. The van der Waals surface area contributed by atoms with E-state index in [9.17, 15) is 9.90 Å². The van der Waals surface area contributed by atoms with Crippen molar-refractivity contribution in [2.45, 2.75) is 13.8 Å². The van der Waals surface area contributed by atoms with Crippen LogP contribution in [0.3, 0.4) is 0 Å². The number of carbonyl (C=O) groups excluding carboxylic acids is 1. The number of hydrogen-bond donors (Lipinski definition) is 3. The Balaban J connectivity index is 1.94. The molecule has 1 aromatic carbocycles. The molecule has 0 unspecified atom stereocenters. The fourth-order valence-electron chi connectivity index (χ4n) is 1.92. The Kier molecular flexibility index (Phi) is 4.62. The lowest BCUT2D eigenvalue weighted by Crippen LogP contribution is -2.50. The van der Waals surface area contributed by atoms with Crippen LogP contribution < -0.4 is 10.6 Å². The number of amides is 1. The summed E-state index contributed by atoms with van der Waals surface area (Å²) in [5, 5.41) is 15.5. The standard InChI is InChI=1S/C15H22N2O3/c1-11(2)14(19)17-13-5-3-4-12(6-13)16-7-15(8-18)9-20-10-15/h3-6,11,16,18H,7-10H2,1-2H3,(H,17,19). The van der Waals surface area contributed by atoms with Crippen molar-refractivity contribution in [2.24, 2.45) is 11.3 Å². The number of aliphatic hydroxyl groups is 1. The SMILES string of the molecule is CC(C)C(=O)Nc1cccc(NCC2(CO)COC2)c1. The first-order chi connectivity index (χ1) is 9.54. The average molecular weight is 278 g/mol. The molecular weight excluding hydrogens is 256 g/mol. The Bertz CT molecular complexity index is 464. The van der Waals surface area contributed by atoms with Crippen LogP contribution in [0.2, 0.25) is 0 Å². The summed E-state index contributed by atoms with van der Waals surface area (Å²) in [7, 11) is 0. The summed E-state index contributed by atoms with van der Waals surface area (Å²) >= 11 is 0. The van der Waals surface area contributed by atoms with Crippen molar-refractivity contribution in [3.05, 3.63) is 24.3 Å². The van der Waals surface area contributed by atoms with Crippen molar-refractivity contribution in [2.75, 3.05) is 37.0 Å². The number of nitrogens with one attached hydrogen (secondary N) is 2. The van der Waals surface area contributed by atoms with Crippen LogP contribution in [0, 0.1) is 11.3 Å². The second-order valence-electron chi connectivity index (χ2n) is 5.73. The van der Waals surface area contributed by atoms with E-state index in [1.54, 1.807) is 0 Å². The quantitative estimate of drug-likeness (QED) is 0.741. The fourth-order valence-corrected chi connectivity index (χ4v) is 1.92. The van der Waals surface area contributed by atoms with Crippen LogP contribution >= 0.6 is 0 Å². The molecule has 110 valence electrons. The zero-order valence-corrected chi connectivity index (χ0v) is 12.0. The zero-order valence-electron chi connectivity index (χ0n) is 12.0. The van der Waals surface area contributed by atoms with Gasteiger partial charge in [0.25, 0.3) is 0 Å². The van der Waals surface area contributed by atoms with Crippen molar-refractivity contribution >= 4 is 17.3 Å². The van der Waals surface area contributed by atoms with Gasteiger partial charge in [-0.1, -0.05) is 19.9 Å². The van der Waals surface area contributed by atoms with Gasteiger partial charge in [-0.15, -0.1) is 0 Å². The predicted molar refractivity (Wildman–Crippen MR) is 78.7 cm³/mol. The Labute approximate surface area is 119 Å². The third-order valence-corrected chi connectivity index (χ3v) is 3.47. The Morgan fingerprint density at radius 2 is 2.10 bits per heavy atom. The minimum Gasteiger partial charge on any atom is -0.396 e. The molecule has 3 N–H and O–H groups in total. The third kappa shape index (κ3) is 3.49. The molecule has 0 atom stereocenters. The molecule has 1 aromatic rings. The van der Waals surface area contributed by atoms with Gasteiger partial charge in [0.2, 0.25) is 5.91 Å². The first kappa shape index (κ1) is 14.8. The molecule has 20 heavy (non-hydrogen) atoms. The second-order valence-corrected chi connectivity index (χ2v) is 5.73. The monoisotopic (exact) mass is 278 g/mol. The molecule has 0 saturated carbocycles. The number of benzene rings is 1. The third-order valence-electron chi connectivity index (χ3n) is 3.47. The molecule has 1 saturated heterocycles. The van der Waals surface area contributed by atoms with Gasteiger partial charge in [0, 0.05) is 23.8 Å². The van der Waals surface area contributed by atoms with Crippen LogP contribution in [0.15, 0.2) is 24.3 Å². The van der Waals surface area contributed by atoms with Crippen LogP contribution in [-0.4, -0.2) is 37.4 Å². The van der Waals surface area contributed by atoms with Gasteiger partial charge >= 0.3 is 0 Å².